The van der Waals surface area contributed by atoms with Crippen molar-refractivity contribution in [3.05, 3.63) is 0 Å². The van der Waals surface area contributed by atoms with Crippen LogP contribution in [0.2, 0.25) is 0 Å². The van der Waals surface area contributed by atoms with E-state index in [1.54, 1.807) is 0 Å². The van der Waals surface area contributed by atoms with Crippen molar-refractivity contribution in [2.24, 2.45) is 11.3 Å². The Kier molecular flexibility index (Phi) is 6.25. The topological polar surface area (TPSA) is 0 Å². The molecule has 0 radical (unpaired) electrons. The van der Waals surface area contributed by atoms with E-state index in [1.807, 2.05) is 0 Å². The molecule has 0 amide bonds. The Morgan fingerprint density at radius 2 is 1.67 bits per heavy atom. The fourth-order valence-electron chi connectivity index (χ4n) is 1.45. The molecular formula is C11H23Br. The standard InChI is InChI=1S/C11H23Br/c1-5-11(6-2,9-12)8-7-10(3)4/h10H,5-9H2,1-4H3. The molecule has 0 rings (SSSR count). The fourth-order valence-corrected chi connectivity index (χ4v) is 2.53. The van der Waals surface area contributed by atoms with E-state index in [2.05, 4.69) is 43.6 Å². The number of halogens is 1. The van der Waals surface area contributed by atoms with Gasteiger partial charge in [-0.15, -0.1) is 0 Å². The Labute approximate surface area is 86.3 Å². The zero-order valence-electron chi connectivity index (χ0n) is 8.99. The van der Waals surface area contributed by atoms with Gasteiger partial charge < -0.3 is 0 Å². The van der Waals surface area contributed by atoms with Crippen LogP contribution in [0.1, 0.15) is 53.4 Å². The van der Waals surface area contributed by atoms with Crippen molar-refractivity contribution in [2.75, 3.05) is 5.33 Å². The van der Waals surface area contributed by atoms with Gasteiger partial charge in [0.05, 0.1) is 0 Å². The molecule has 0 aliphatic carbocycles. The van der Waals surface area contributed by atoms with Crippen LogP contribution in [-0.2, 0) is 0 Å². The fraction of sp³-hybridized carbons (Fsp3) is 1.00. The highest BCUT2D eigenvalue weighted by molar-refractivity contribution is 9.09. The second-order valence-corrected chi connectivity index (χ2v) is 4.83. The van der Waals surface area contributed by atoms with E-state index in [0.717, 1.165) is 5.92 Å². The molecule has 0 atom stereocenters. The Bertz CT molecular complexity index is 95.3. The highest BCUT2D eigenvalue weighted by Gasteiger charge is 2.24. The van der Waals surface area contributed by atoms with Crippen LogP contribution in [-0.4, -0.2) is 5.33 Å². The van der Waals surface area contributed by atoms with Crippen molar-refractivity contribution < 1.29 is 0 Å². The van der Waals surface area contributed by atoms with Crippen LogP contribution < -0.4 is 0 Å². The summed E-state index contributed by atoms with van der Waals surface area (Å²) in [5.41, 5.74) is 0.574. The minimum Gasteiger partial charge on any atom is -0.0922 e. The van der Waals surface area contributed by atoms with Gasteiger partial charge in [-0.05, 0) is 30.6 Å². The second kappa shape index (κ2) is 6.01. The molecule has 0 saturated heterocycles. The molecule has 0 unspecified atom stereocenters. The van der Waals surface area contributed by atoms with Gasteiger partial charge in [0.1, 0.15) is 0 Å². The van der Waals surface area contributed by atoms with E-state index < -0.39 is 0 Å². The van der Waals surface area contributed by atoms with Gasteiger partial charge in [0.25, 0.3) is 0 Å². The first-order valence-electron chi connectivity index (χ1n) is 5.16. The molecule has 0 N–H and O–H groups in total. The van der Waals surface area contributed by atoms with E-state index in [0.29, 0.717) is 5.41 Å². The summed E-state index contributed by atoms with van der Waals surface area (Å²) >= 11 is 3.64. The van der Waals surface area contributed by atoms with E-state index >= 15 is 0 Å². The number of hydrogen-bond acceptors (Lipinski definition) is 0. The van der Waals surface area contributed by atoms with Gasteiger partial charge in [0.15, 0.2) is 0 Å². The van der Waals surface area contributed by atoms with Crippen LogP contribution in [0.15, 0.2) is 0 Å². The third kappa shape index (κ3) is 3.93. The highest BCUT2D eigenvalue weighted by atomic mass is 79.9. The van der Waals surface area contributed by atoms with Gasteiger partial charge in [-0.25, -0.2) is 0 Å². The smallest absolute Gasteiger partial charge is 0.00877 e. The molecule has 1 heteroatoms. The Balaban J connectivity index is 3.93. The first-order chi connectivity index (χ1) is 5.60. The molecule has 0 aromatic rings. The molecule has 0 aliphatic heterocycles. The molecule has 0 aliphatic rings. The molecule has 0 fully saturated rings. The Morgan fingerprint density at radius 3 is 1.92 bits per heavy atom. The van der Waals surface area contributed by atoms with Gasteiger partial charge in [-0.2, -0.15) is 0 Å². The SMILES string of the molecule is CCC(CC)(CBr)CCC(C)C. The lowest BCUT2D eigenvalue weighted by Crippen LogP contribution is -2.21. The molecule has 0 aromatic carbocycles. The predicted octanol–water partition coefficient (Wildman–Crippen LogP) is 4.62. The zero-order valence-corrected chi connectivity index (χ0v) is 10.6. The van der Waals surface area contributed by atoms with Crippen molar-refractivity contribution in [2.45, 2.75) is 53.4 Å². The summed E-state index contributed by atoms with van der Waals surface area (Å²) < 4.78 is 0. The minimum atomic E-state index is 0.574. The van der Waals surface area contributed by atoms with E-state index in [4.69, 9.17) is 0 Å². The predicted molar refractivity (Wildman–Crippen MR) is 60.9 cm³/mol. The number of alkyl halides is 1. The number of hydrogen-bond donors (Lipinski definition) is 0. The number of rotatable bonds is 6. The summed E-state index contributed by atoms with van der Waals surface area (Å²) in [5, 5.41) is 1.17. The van der Waals surface area contributed by atoms with Crippen LogP contribution in [0.25, 0.3) is 0 Å². The molecular weight excluding hydrogens is 212 g/mol. The minimum absolute atomic E-state index is 0.574. The largest absolute Gasteiger partial charge is 0.0922 e. The Morgan fingerprint density at radius 1 is 1.17 bits per heavy atom. The summed E-state index contributed by atoms with van der Waals surface area (Å²) in [6, 6.07) is 0. The van der Waals surface area contributed by atoms with Crippen LogP contribution >= 0.6 is 15.9 Å². The average Bonchev–Trinajstić information content (AvgIpc) is 2.08. The molecule has 74 valence electrons. The second-order valence-electron chi connectivity index (χ2n) is 4.27. The summed E-state index contributed by atoms with van der Waals surface area (Å²) in [6.07, 6.45) is 5.36. The first-order valence-corrected chi connectivity index (χ1v) is 6.28. The van der Waals surface area contributed by atoms with Crippen molar-refractivity contribution in [3.63, 3.8) is 0 Å². The zero-order chi connectivity index (χ0) is 9.61. The summed E-state index contributed by atoms with van der Waals surface area (Å²) in [6.45, 7) is 9.24. The van der Waals surface area contributed by atoms with Crippen LogP contribution in [0.3, 0.4) is 0 Å². The van der Waals surface area contributed by atoms with Crippen molar-refractivity contribution in [1.82, 2.24) is 0 Å². The highest BCUT2D eigenvalue weighted by Crippen LogP contribution is 2.35. The van der Waals surface area contributed by atoms with Crippen LogP contribution in [0.4, 0.5) is 0 Å². The quantitative estimate of drug-likeness (QED) is 0.589. The molecule has 0 nitrogen and oxygen atoms in total. The third-order valence-corrected chi connectivity index (χ3v) is 4.22. The van der Waals surface area contributed by atoms with Gasteiger partial charge in [0.2, 0.25) is 0 Å². The molecule has 0 aromatic heterocycles. The Hall–Kier alpha value is 0.480. The maximum atomic E-state index is 3.64. The first kappa shape index (κ1) is 12.5. The molecule has 0 spiro atoms. The molecule has 0 saturated carbocycles. The van der Waals surface area contributed by atoms with Gasteiger partial charge in [-0.3, -0.25) is 0 Å². The third-order valence-electron chi connectivity index (χ3n) is 3.04. The normalized spacial score (nSPS) is 12.5. The van der Waals surface area contributed by atoms with Crippen LogP contribution in [0, 0.1) is 11.3 Å². The van der Waals surface area contributed by atoms with Crippen molar-refractivity contribution in [1.29, 1.82) is 0 Å². The van der Waals surface area contributed by atoms with E-state index in [-0.39, 0.29) is 0 Å². The average molecular weight is 235 g/mol. The maximum Gasteiger partial charge on any atom is 0.00877 e. The summed E-state index contributed by atoms with van der Waals surface area (Å²) in [5.74, 6) is 0.849. The monoisotopic (exact) mass is 234 g/mol. The van der Waals surface area contributed by atoms with E-state index in [9.17, 15) is 0 Å². The maximum absolute atomic E-state index is 3.64. The van der Waals surface area contributed by atoms with Crippen molar-refractivity contribution >= 4 is 15.9 Å². The van der Waals surface area contributed by atoms with Crippen LogP contribution in [0.5, 0.6) is 0 Å². The lowest BCUT2D eigenvalue weighted by molar-refractivity contribution is 0.261. The summed E-state index contributed by atoms with van der Waals surface area (Å²) in [7, 11) is 0. The van der Waals surface area contributed by atoms with E-state index in [1.165, 1.54) is 31.0 Å². The van der Waals surface area contributed by atoms with Gasteiger partial charge in [-0.1, -0.05) is 50.0 Å². The lowest BCUT2D eigenvalue weighted by atomic mass is 9.79. The van der Waals surface area contributed by atoms with Gasteiger partial charge in [0, 0.05) is 5.33 Å². The van der Waals surface area contributed by atoms with Gasteiger partial charge >= 0.3 is 0 Å². The van der Waals surface area contributed by atoms with Crippen molar-refractivity contribution in [3.8, 4) is 0 Å². The molecule has 12 heavy (non-hydrogen) atoms. The lowest BCUT2D eigenvalue weighted by Gasteiger charge is -2.30. The molecule has 0 heterocycles. The summed E-state index contributed by atoms with van der Waals surface area (Å²) in [4.78, 5) is 0. The molecule has 0 bridgehead atoms.